The van der Waals surface area contributed by atoms with Crippen LogP contribution in [0.5, 0.6) is 0 Å². The fraction of sp³-hybridized carbons (Fsp3) is 0.462. The number of benzene rings is 1. The first-order chi connectivity index (χ1) is 9.62. The first kappa shape index (κ1) is 17.5. The molecular formula is C13H19FN2O4S. The third-order valence-electron chi connectivity index (χ3n) is 2.70. The molecule has 0 spiro atoms. The number of nitrogens with two attached hydrogens (primary N) is 1. The van der Waals surface area contributed by atoms with Crippen LogP contribution in [0.15, 0.2) is 23.1 Å². The monoisotopic (exact) mass is 318 g/mol. The zero-order chi connectivity index (χ0) is 16.2. The Morgan fingerprint density at radius 2 is 2.05 bits per heavy atom. The number of carbonyl (C=O) groups excluding carboxylic acids is 1. The Morgan fingerprint density at radius 3 is 2.57 bits per heavy atom. The van der Waals surface area contributed by atoms with Crippen molar-refractivity contribution in [3.8, 4) is 0 Å². The van der Waals surface area contributed by atoms with Gasteiger partial charge in [0, 0.05) is 13.6 Å². The average Bonchev–Trinajstić information content (AvgIpc) is 2.35. The summed E-state index contributed by atoms with van der Waals surface area (Å²) in [6, 6.07) is 2.79. The van der Waals surface area contributed by atoms with Crippen LogP contribution in [0, 0.1) is 5.82 Å². The molecule has 0 saturated carbocycles. The van der Waals surface area contributed by atoms with Crippen LogP contribution in [0.2, 0.25) is 0 Å². The second kappa shape index (κ2) is 6.97. The number of sulfonamides is 1. The maximum atomic E-state index is 13.3. The van der Waals surface area contributed by atoms with E-state index in [1.165, 1.54) is 11.9 Å². The lowest BCUT2D eigenvalue weighted by Crippen LogP contribution is -2.32. The number of primary sulfonamides is 1. The van der Waals surface area contributed by atoms with Crippen molar-refractivity contribution in [3.63, 3.8) is 0 Å². The number of nitrogens with zero attached hydrogens (tertiary/aromatic N) is 1. The van der Waals surface area contributed by atoms with Crippen molar-refractivity contribution in [1.82, 2.24) is 4.90 Å². The molecule has 8 heteroatoms. The second-order valence-electron chi connectivity index (χ2n) is 4.83. The van der Waals surface area contributed by atoms with Crippen molar-refractivity contribution in [3.05, 3.63) is 29.6 Å². The zero-order valence-electron chi connectivity index (χ0n) is 12.2. The van der Waals surface area contributed by atoms with E-state index in [1.807, 2.05) is 13.8 Å². The summed E-state index contributed by atoms with van der Waals surface area (Å²) in [5, 5.41) is 5.04. The first-order valence-corrected chi connectivity index (χ1v) is 7.87. The van der Waals surface area contributed by atoms with Crippen LogP contribution in [0.25, 0.3) is 0 Å². The highest BCUT2D eigenvalue weighted by Gasteiger charge is 2.22. The van der Waals surface area contributed by atoms with Crippen molar-refractivity contribution >= 4 is 15.9 Å². The predicted octanol–water partition coefficient (Wildman–Crippen LogP) is 0.970. The van der Waals surface area contributed by atoms with Gasteiger partial charge in [0.05, 0.1) is 23.2 Å². The molecule has 0 radical (unpaired) electrons. The Morgan fingerprint density at radius 1 is 1.43 bits per heavy atom. The zero-order valence-corrected chi connectivity index (χ0v) is 13.0. The maximum absolute atomic E-state index is 13.3. The number of ether oxygens (including phenoxy) is 1. The quantitative estimate of drug-likeness (QED) is 0.846. The van der Waals surface area contributed by atoms with E-state index in [-0.39, 0.29) is 18.2 Å². The van der Waals surface area contributed by atoms with Crippen LogP contribution < -0.4 is 5.14 Å². The van der Waals surface area contributed by atoms with Gasteiger partial charge < -0.3 is 9.64 Å². The Kier molecular flexibility index (Phi) is 5.82. The molecule has 6 nitrogen and oxygen atoms in total. The van der Waals surface area contributed by atoms with E-state index in [0.29, 0.717) is 6.61 Å². The molecule has 0 aliphatic carbocycles. The lowest BCUT2D eigenvalue weighted by atomic mass is 10.2. The van der Waals surface area contributed by atoms with Gasteiger partial charge in [0.2, 0.25) is 10.0 Å². The molecule has 1 rings (SSSR count). The van der Waals surface area contributed by atoms with Gasteiger partial charge in [-0.15, -0.1) is 0 Å². The van der Waals surface area contributed by atoms with Gasteiger partial charge in [0.25, 0.3) is 5.91 Å². The molecule has 0 heterocycles. The molecule has 0 unspecified atom stereocenters. The molecule has 0 bridgehead atoms. The van der Waals surface area contributed by atoms with Gasteiger partial charge in [-0.1, -0.05) is 0 Å². The minimum Gasteiger partial charge on any atom is -0.377 e. The lowest BCUT2D eigenvalue weighted by molar-refractivity contribution is 0.0530. The van der Waals surface area contributed by atoms with E-state index >= 15 is 0 Å². The summed E-state index contributed by atoms with van der Waals surface area (Å²) < 4.78 is 41.5. The topological polar surface area (TPSA) is 89.7 Å². The van der Waals surface area contributed by atoms with E-state index in [4.69, 9.17) is 9.88 Å². The van der Waals surface area contributed by atoms with Gasteiger partial charge in [0.1, 0.15) is 5.82 Å². The minimum absolute atomic E-state index is 0.0163. The van der Waals surface area contributed by atoms with Crippen molar-refractivity contribution in [2.75, 3.05) is 20.2 Å². The number of amides is 1. The maximum Gasteiger partial charge on any atom is 0.255 e. The molecule has 21 heavy (non-hydrogen) atoms. The molecular weight excluding hydrogens is 299 g/mol. The van der Waals surface area contributed by atoms with Crippen LogP contribution >= 0.6 is 0 Å². The van der Waals surface area contributed by atoms with Gasteiger partial charge >= 0.3 is 0 Å². The van der Waals surface area contributed by atoms with E-state index in [1.54, 1.807) is 0 Å². The van der Waals surface area contributed by atoms with E-state index < -0.39 is 26.6 Å². The molecule has 0 aliphatic rings. The molecule has 0 saturated heterocycles. The van der Waals surface area contributed by atoms with Gasteiger partial charge in [-0.2, -0.15) is 0 Å². The lowest BCUT2D eigenvalue weighted by Gasteiger charge is -2.19. The summed E-state index contributed by atoms with van der Waals surface area (Å²) in [7, 11) is -2.63. The molecule has 0 fully saturated rings. The molecule has 118 valence electrons. The smallest absolute Gasteiger partial charge is 0.255 e. The van der Waals surface area contributed by atoms with Crippen molar-refractivity contribution in [2.24, 2.45) is 5.14 Å². The number of rotatable bonds is 6. The Balaban J connectivity index is 2.98. The molecule has 1 aromatic carbocycles. The van der Waals surface area contributed by atoms with Crippen LogP contribution in [-0.4, -0.2) is 45.5 Å². The first-order valence-electron chi connectivity index (χ1n) is 6.32. The highest BCUT2D eigenvalue weighted by atomic mass is 32.2. The van der Waals surface area contributed by atoms with Crippen LogP contribution in [0.3, 0.4) is 0 Å². The van der Waals surface area contributed by atoms with Crippen LogP contribution in [-0.2, 0) is 14.8 Å². The normalized spacial score (nSPS) is 11.7. The molecule has 1 amide bonds. The minimum atomic E-state index is -4.11. The average molecular weight is 318 g/mol. The summed E-state index contributed by atoms with van der Waals surface area (Å²) in [5.41, 5.74) is -0.287. The SMILES string of the molecule is CC(C)OCCN(C)C(=O)c1cc(F)ccc1S(N)(=O)=O. The number of likely N-dealkylation sites (N-methyl/N-ethyl adjacent to an activating group) is 1. The molecule has 0 aliphatic heterocycles. The number of hydrogen-bond donors (Lipinski definition) is 1. The van der Waals surface area contributed by atoms with Gasteiger partial charge in [0.15, 0.2) is 0 Å². The Bertz CT molecular complexity index is 617. The summed E-state index contributed by atoms with van der Waals surface area (Å²) in [5.74, 6) is -1.34. The van der Waals surface area contributed by atoms with Crippen molar-refractivity contribution in [2.45, 2.75) is 24.8 Å². The van der Waals surface area contributed by atoms with E-state index in [0.717, 1.165) is 18.2 Å². The summed E-state index contributed by atoms with van der Waals surface area (Å²) in [6.45, 7) is 4.25. The summed E-state index contributed by atoms with van der Waals surface area (Å²) in [4.78, 5) is 13.1. The van der Waals surface area contributed by atoms with Crippen molar-refractivity contribution in [1.29, 1.82) is 0 Å². The fourth-order valence-corrected chi connectivity index (χ4v) is 2.36. The second-order valence-corrected chi connectivity index (χ2v) is 6.36. The number of halogens is 1. The molecule has 0 atom stereocenters. The predicted molar refractivity (Wildman–Crippen MR) is 75.8 cm³/mol. The molecule has 2 N–H and O–H groups in total. The summed E-state index contributed by atoms with van der Waals surface area (Å²) >= 11 is 0. The number of hydrogen-bond acceptors (Lipinski definition) is 4. The Labute approximate surface area is 123 Å². The van der Waals surface area contributed by atoms with Crippen LogP contribution in [0.4, 0.5) is 4.39 Å². The van der Waals surface area contributed by atoms with Crippen molar-refractivity contribution < 1.29 is 22.3 Å². The van der Waals surface area contributed by atoms with E-state index in [2.05, 4.69) is 0 Å². The largest absolute Gasteiger partial charge is 0.377 e. The van der Waals surface area contributed by atoms with Gasteiger partial charge in [-0.25, -0.2) is 17.9 Å². The third kappa shape index (κ3) is 5.07. The van der Waals surface area contributed by atoms with Gasteiger partial charge in [-0.3, -0.25) is 4.79 Å². The van der Waals surface area contributed by atoms with Crippen LogP contribution in [0.1, 0.15) is 24.2 Å². The standard InChI is InChI=1S/C13H19FN2O4S/c1-9(2)20-7-6-16(3)13(17)11-8-10(14)4-5-12(11)21(15,18)19/h4-5,8-9H,6-7H2,1-3H3,(H2,15,18,19). The Hall–Kier alpha value is -1.51. The molecule has 1 aromatic rings. The fourth-order valence-electron chi connectivity index (χ4n) is 1.65. The summed E-state index contributed by atoms with van der Waals surface area (Å²) in [6.07, 6.45) is 0.0163. The molecule has 0 aromatic heterocycles. The highest BCUT2D eigenvalue weighted by Crippen LogP contribution is 2.17. The number of carbonyl (C=O) groups is 1. The third-order valence-corrected chi connectivity index (χ3v) is 3.67. The van der Waals surface area contributed by atoms with E-state index in [9.17, 15) is 17.6 Å². The highest BCUT2D eigenvalue weighted by molar-refractivity contribution is 7.89. The van der Waals surface area contributed by atoms with Gasteiger partial charge in [-0.05, 0) is 32.0 Å².